The third-order valence-electron chi connectivity index (χ3n) is 3.61. The van der Waals surface area contributed by atoms with Crippen LogP contribution in [0.5, 0.6) is 0 Å². The second kappa shape index (κ2) is 12.7. The molecule has 0 spiro atoms. The van der Waals surface area contributed by atoms with Gasteiger partial charge in [-0.2, -0.15) is 0 Å². The van der Waals surface area contributed by atoms with Gasteiger partial charge in [0, 0.05) is 0 Å². The Hall–Kier alpha value is -1.83. The first-order valence-corrected chi connectivity index (χ1v) is 8.91. The SMILES string of the molecule is CCC/C=C/C(=C\CCCCCCC)OC(=O)c1ccccc1. The molecule has 0 radical (unpaired) electrons. The quantitative estimate of drug-likeness (QED) is 0.203. The van der Waals surface area contributed by atoms with Gasteiger partial charge in [-0.15, -0.1) is 0 Å². The van der Waals surface area contributed by atoms with Crippen molar-refractivity contribution in [3.05, 3.63) is 59.9 Å². The van der Waals surface area contributed by atoms with Crippen molar-refractivity contribution in [3.63, 3.8) is 0 Å². The molecule has 0 amide bonds. The van der Waals surface area contributed by atoms with Crippen molar-refractivity contribution >= 4 is 5.97 Å². The zero-order valence-electron chi connectivity index (χ0n) is 14.6. The summed E-state index contributed by atoms with van der Waals surface area (Å²) in [4.78, 5) is 12.2. The lowest BCUT2D eigenvalue weighted by Gasteiger charge is -2.06. The van der Waals surface area contributed by atoms with E-state index in [9.17, 15) is 4.79 Å². The highest BCUT2D eigenvalue weighted by atomic mass is 16.5. The molecule has 0 N–H and O–H groups in total. The second-order valence-electron chi connectivity index (χ2n) is 5.76. The Morgan fingerprint density at radius 3 is 2.39 bits per heavy atom. The van der Waals surface area contributed by atoms with Gasteiger partial charge >= 0.3 is 5.97 Å². The highest BCUT2D eigenvalue weighted by molar-refractivity contribution is 5.90. The molecular formula is C21H30O2. The molecule has 1 aromatic rings. The normalized spacial score (nSPS) is 11.8. The maximum absolute atomic E-state index is 12.2. The van der Waals surface area contributed by atoms with Crippen molar-refractivity contribution in [1.82, 2.24) is 0 Å². The molecule has 0 bridgehead atoms. The molecule has 2 nitrogen and oxygen atoms in total. The Kier molecular flexibility index (Phi) is 10.6. The molecule has 0 atom stereocenters. The number of hydrogen-bond acceptors (Lipinski definition) is 2. The summed E-state index contributed by atoms with van der Waals surface area (Å²) < 4.78 is 5.55. The van der Waals surface area contributed by atoms with Gasteiger partial charge in [-0.1, -0.05) is 70.2 Å². The number of benzene rings is 1. The zero-order chi connectivity index (χ0) is 16.8. The smallest absolute Gasteiger partial charge is 0.343 e. The van der Waals surface area contributed by atoms with Gasteiger partial charge in [0.15, 0.2) is 0 Å². The second-order valence-corrected chi connectivity index (χ2v) is 5.76. The van der Waals surface area contributed by atoms with E-state index in [1.165, 1.54) is 25.7 Å². The van der Waals surface area contributed by atoms with Gasteiger partial charge in [0.25, 0.3) is 0 Å². The van der Waals surface area contributed by atoms with Gasteiger partial charge < -0.3 is 4.74 Å². The van der Waals surface area contributed by atoms with E-state index in [-0.39, 0.29) is 5.97 Å². The average molecular weight is 314 g/mol. The Balaban J connectivity index is 2.55. The van der Waals surface area contributed by atoms with Crippen molar-refractivity contribution in [2.24, 2.45) is 0 Å². The van der Waals surface area contributed by atoms with Crippen LogP contribution in [-0.4, -0.2) is 5.97 Å². The predicted molar refractivity (Wildman–Crippen MR) is 97.4 cm³/mol. The summed E-state index contributed by atoms with van der Waals surface area (Å²) in [5.74, 6) is 0.381. The van der Waals surface area contributed by atoms with E-state index in [1.807, 2.05) is 30.4 Å². The largest absolute Gasteiger partial charge is 0.423 e. The summed E-state index contributed by atoms with van der Waals surface area (Å²) in [6.07, 6.45) is 15.3. The topological polar surface area (TPSA) is 26.3 Å². The molecule has 1 rings (SSSR count). The van der Waals surface area contributed by atoms with Crippen LogP contribution in [0, 0.1) is 0 Å². The molecule has 0 fully saturated rings. The van der Waals surface area contributed by atoms with Crippen LogP contribution in [0.25, 0.3) is 0 Å². The molecule has 0 saturated heterocycles. The average Bonchev–Trinajstić information content (AvgIpc) is 2.58. The first-order chi connectivity index (χ1) is 11.3. The molecule has 1 aromatic carbocycles. The first-order valence-electron chi connectivity index (χ1n) is 8.91. The van der Waals surface area contributed by atoms with Crippen molar-refractivity contribution in [2.45, 2.75) is 65.2 Å². The Morgan fingerprint density at radius 1 is 0.957 bits per heavy atom. The van der Waals surface area contributed by atoms with Crippen molar-refractivity contribution < 1.29 is 9.53 Å². The molecule has 0 aliphatic rings. The number of carbonyl (C=O) groups is 1. The van der Waals surface area contributed by atoms with E-state index in [2.05, 4.69) is 19.9 Å². The summed E-state index contributed by atoms with van der Waals surface area (Å²) in [5, 5.41) is 0. The molecule has 0 heterocycles. The summed E-state index contributed by atoms with van der Waals surface area (Å²) in [6.45, 7) is 4.36. The fourth-order valence-corrected chi connectivity index (χ4v) is 2.24. The number of carbonyl (C=O) groups excluding carboxylic acids is 1. The van der Waals surface area contributed by atoms with E-state index in [4.69, 9.17) is 4.74 Å². The minimum Gasteiger partial charge on any atom is -0.423 e. The lowest BCUT2D eigenvalue weighted by atomic mass is 10.1. The number of rotatable bonds is 11. The molecule has 126 valence electrons. The number of ether oxygens (including phenoxy) is 1. The summed E-state index contributed by atoms with van der Waals surface area (Å²) in [7, 11) is 0. The van der Waals surface area contributed by atoms with Crippen LogP contribution in [-0.2, 0) is 4.74 Å². The Morgan fingerprint density at radius 2 is 1.70 bits per heavy atom. The molecule has 0 aliphatic carbocycles. The minimum absolute atomic E-state index is 0.288. The van der Waals surface area contributed by atoms with Gasteiger partial charge in [-0.3, -0.25) is 0 Å². The molecule has 23 heavy (non-hydrogen) atoms. The van der Waals surface area contributed by atoms with Crippen LogP contribution in [0.2, 0.25) is 0 Å². The van der Waals surface area contributed by atoms with Gasteiger partial charge in [-0.05, 0) is 43.5 Å². The fourth-order valence-electron chi connectivity index (χ4n) is 2.24. The van der Waals surface area contributed by atoms with Crippen LogP contribution >= 0.6 is 0 Å². The van der Waals surface area contributed by atoms with E-state index in [0.29, 0.717) is 11.3 Å². The monoisotopic (exact) mass is 314 g/mol. The summed E-state index contributed by atoms with van der Waals surface area (Å²) >= 11 is 0. The predicted octanol–water partition coefficient (Wildman–Crippen LogP) is 6.44. The summed E-state index contributed by atoms with van der Waals surface area (Å²) in [6, 6.07) is 9.15. The van der Waals surface area contributed by atoms with E-state index < -0.39 is 0 Å². The number of esters is 1. The molecule has 0 unspecified atom stereocenters. The van der Waals surface area contributed by atoms with Crippen LogP contribution in [0.3, 0.4) is 0 Å². The molecule has 0 saturated carbocycles. The standard InChI is InChI=1S/C21H30O2/c1-3-5-7-8-9-14-18-20(17-11-6-4-2)23-21(22)19-15-12-10-13-16-19/h10-13,15-18H,3-9,14H2,1-2H3/b17-11+,20-18+. The van der Waals surface area contributed by atoms with Crippen molar-refractivity contribution in [3.8, 4) is 0 Å². The van der Waals surface area contributed by atoms with Crippen LogP contribution in [0.1, 0.15) is 75.6 Å². The Bertz CT molecular complexity index is 486. The maximum atomic E-state index is 12.2. The molecule has 2 heteroatoms. The minimum atomic E-state index is -0.288. The summed E-state index contributed by atoms with van der Waals surface area (Å²) in [5.41, 5.74) is 0.588. The van der Waals surface area contributed by atoms with Crippen molar-refractivity contribution in [1.29, 1.82) is 0 Å². The van der Waals surface area contributed by atoms with E-state index in [1.54, 1.807) is 12.1 Å². The van der Waals surface area contributed by atoms with Gasteiger partial charge in [0.1, 0.15) is 5.76 Å². The molecule has 0 aromatic heterocycles. The van der Waals surface area contributed by atoms with E-state index >= 15 is 0 Å². The van der Waals surface area contributed by atoms with Gasteiger partial charge in [-0.25, -0.2) is 4.79 Å². The zero-order valence-corrected chi connectivity index (χ0v) is 14.6. The van der Waals surface area contributed by atoms with Crippen molar-refractivity contribution in [2.75, 3.05) is 0 Å². The Labute approximate surface area is 141 Å². The molecule has 0 aliphatic heterocycles. The first kappa shape index (κ1) is 19.2. The third kappa shape index (κ3) is 9.02. The number of hydrogen-bond donors (Lipinski definition) is 0. The number of unbranched alkanes of at least 4 members (excludes halogenated alkanes) is 6. The number of allylic oxidation sites excluding steroid dienone is 3. The van der Waals surface area contributed by atoms with Crippen LogP contribution < -0.4 is 0 Å². The van der Waals surface area contributed by atoms with E-state index in [0.717, 1.165) is 25.7 Å². The lowest BCUT2D eigenvalue weighted by Crippen LogP contribution is -2.04. The van der Waals surface area contributed by atoms with Crippen LogP contribution in [0.15, 0.2) is 54.3 Å². The van der Waals surface area contributed by atoms with Gasteiger partial charge in [0.2, 0.25) is 0 Å². The highest BCUT2D eigenvalue weighted by Crippen LogP contribution is 2.12. The molecular weight excluding hydrogens is 284 g/mol. The van der Waals surface area contributed by atoms with Gasteiger partial charge in [0.05, 0.1) is 5.56 Å². The van der Waals surface area contributed by atoms with Crippen LogP contribution in [0.4, 0.5) is 0 Å². The lowest BCUT2D eigenvalue weighted by molar-refractivity contribution is 0.0636. The fraction of sp³-hybridized carbons (Fsp3) is 0.476. The maximum Gasteiger partial charge on any atom is 0.343 e. The highest BCUT2D eigenvalue weighted by Gasteiger charge is 2.07. The third-order valence-corrected chi connectivity index (χ3v) is 3.61.